The van der Waals surface area contributed by atoms with Crippen molar-refractivity contribution in [1.82, 2.24) is 9.80 Å². The first-order valence-corrected chi connectivity index (χ1v) is 9.46. The van der Waals surface area contributed by atoms with E-state index in [1.165, 1.54) is 12.8 Å². The van der Waals surface area contributed by atoms with E-state index in [2.05, 4.69) is 11.9 Å². The van der Waals surface area contributed by atoms with Crippen molar-refractivity contribution in [3.05, 3.63) is 34.9 Å². The van der Waals surface area contributed by atoms with Gasteiger partial charge < -0.3 is 19.6 Å². The number of nitrogens with zero attached hydrogens (tertiary/aromatic N) is 2. The predicted octanol–water partition coefficient (Wildman–Crippen LogP) is 3.24. The number of halogens is 1. The second-order valence-corrected chi connectivity index (χ2v) is 7.64. The normalized spacial score (nSPS) is 23.6. The molecule has 1 atom stereocenters. The molecule has 3 rings (SSSR count). The minimum absolute atomic E-state index is 0.265. The topological polar surface area (TPSA) is 53.0 Å². The lowest BCUT2D eigenvalue weighted by atomic mass is 9.84. The number of rotatable bonds is 4. The van der Waals surface area contributed by atoms with Crippen LogP contribution in [0.25, 0.3) is 0 Å². The fourth-order valence-electron chi connectivity index (χ4n) is 3.83. The Hall–Kier alpha value is -1.30. The Balaban J connectivity index is 1.45. The molecule has 2 fully saturated rings. The molecule has 25 heavy (non-hydrogen) atoms. The Morgan fingerprint density at radius 3 is 2.56 bits per heavy atom. The number of benzene rings is 1. The summed E-state index contributed by atoms with van der Waals surface area (Å²) in [5.74, 6) is 0. The molecule has 2 aliphatic heterocycles. The molecule has 1 aromatic carbocycles. The molecule has 0 radical (unpaired) electrons. The van der Waals surface area contributed by atoms with Crippen LogP contribution in [0.2, 0.25) is 5.02 Å². The largest absolute Gasteiger partial charge is 0.449 e. The van der Waals surface area contributed by atoms with Crippen LogP contribution in [0.15, 0.2) is 24.3 Å². The van der Waals surface area contributed by atoms with Gasteiger partial charge in [0.2, 0.25) is 0 Å². The lowest BCUT2D eigenvalue weighted by Gasteiger charge is -2.38. The summed E-state index contributed by atoms with van der Waals surface area (Å²) in [7, 11) is 2.13. The maximum atomic E-state index is 12.2. The number of ether oxygens (including phenoxy) is 1. The van der Waals surface area contributed by atoms with Gasteiger partial charge >= 0.3 is 6.09 Å². The van der Waals surface area contributed by atoms with E-state index in [0.717, 1.165) is 18.5 Å². The molecular weight excluding hydrogens is 340 g/mol. The quantitative estimate of drug-likeness (QED) is 0.888. The third-order valence-electron chi connectivity index (χ3n) is 5.58. The summed E-state index contributed by atoms with van der Waals surface area (Å²) in [6.07, 6.45) is 4.06. The van der Waals surface area contributed by atoms with Crippen molar-refractivity contribution in [3.8, 4) is 0 Å². The van der Waals surface area contributed by atoms with Crippen LogP contribution in [0, 0.1) is 0 Å². The van der Waals surface area contributed by atoms with Crippen LogP contribution in [0.4, 0.5) is 4.79 Å². The Labute approximate surface area is 154 Å². The smallest absolute Gasteiger partial charge is 0.409 e. The highest BCUT2D eigenvalue weighted by atomic mass is 35.5. The van der Waals surface area contributed by atoms with Crippen molar-refractivity contribution in [2.45, 2.75) is 43.7 Å². The van der Waals surface area contributed by atoms with E-state index in [-0.39, 0.29) is 6.09 Å². The zero-order valence-electron chi connectivity index (χ0n) is 14.8. The zero-order chi connectivity index (χ0) is 17.9. The lowest BCUT2D eigenvalue weighted by Crippen LogP contribution is -2.45. The molecule has 2 heterocycles. The molecule has 1 unspecified atom stereocenters. The van der Waals surface area contributed by atoms with E-state index in [4.69, 9.17) is 16.3 Å². The highest BCUT2D eigenvalue weighted by molar-refractivity contribution is 6.30. The van der Waals surface area contributed by atoms with Gasteiger partial charge in [0.15, 0.2) is 0 Å². The van der Waals surface area contributed by atoms with Gasteiger partial charge in [0, 0.05) is 24.2 Å². The van der Waals surface area contributed by atoms with Gasteiger partial charge in [-0.1, -0.05) is 23.7 Å². The molecular formula is C19H27ClN2O3. The highest BCUT2D eigenvalue weighted by Crippen LogP contribution is 2.33. The number of amides is 1. The first-order valence-electron chi connectivity index (χ1n) is 9.08. The summed E-state index contributed by atoms with van der Waals surface area (Å²) >= 11 is 5.91. The predicted molar refractivity (Wildman–Crippen MR) is 97.8 cm³/mol. The summed E-state index contributed by atoms with van der Waals surface area (Å²) in [6.45, 7) is 2.60. The molecule has 1 amide bonds. The fourth-order valence-corrected chi connectivity index (χ4v) is 3.95. The molecule has 1 N–H and O–H groups in total. The number of piperidine rings is 1. The van der Waals surface area contributed by atoms with Crippen molar-refractivity contribution < 1.29 is 14.6 Å². The van der Waals surface area contributed by atoms with Crippen molar-refractivity contribution in [2.75, 3.05) is 33.3 Å². The van der Waals surface area contributed by atoms with E-state index < -0.39 is 5.60 Å². The SMILES string of the molecule is CN1CCCC1CCOC(=O)N1CCC(O)(c2ccc(Cl)cc2)CC1. The van der Waals surface area contributed by atoms with Gasteiger partial charge in [-0.3, -0.25) is 0 Å². The third kappa shape index (κ3) is 4.46. The van der Waals surface area contributed by atoms with Crippen molar-refractivity contribution in [2.24, 2.45) is 0 Å². The summed E-state index contributed by atoms with van der Waals surface area (Å²) < 4.78 is 5.44. The molecule has 0 saturated carbocycles. The van der Waals surface area contributed by atoms with Crippen LogP contribution in [0.1, 0.15) is 37.7 Å². The Morgan fingerprint density at radius 2 is 1.96 bits per heavy atom. The molecule has 1 aromatic rings. The first-order chi connectivity index (χ1) is 12.0. The fraction of sp³-hybridized carbons (Fsp3) is 0.632. The van der Waals surface area contributed by atoms with E-state index in [1.807, 2.05) is 12.1 Å². The maximum Gasteiger partial charge on any atom is 0.409 e. The van der Waals surface area contributed by atoms with Crippen molar-refractivity contribution in [3.63, 3.8) is 0 Å². The first kappa shape index (κ1) is 18.5. The Morgan fingerprint density at radius 1 is 1.28 bits per heavy atom. The third-order valence-corrected chi connectivity index (χ3v) is 5.83. The van der Waals surface area contributed by atoms with E-state index in [0.29, 0.717) is 43.6 Å². The molecule has 2 aliphatic rings. The van der Waals surface area contributed by atoms with Gasteiger partial charge in [0.05, 0.1) is 12.2 Å². The summed E-state index contributed by atoms with van der Waals surface area (Å²) in [4.78, 5) is 16.3. The zero-order valence-corrected chi connectivity index (χ0v) is 15.5. The van der Waals surface area contributed by atoms with Gasteiger partial charge in [-0.15, -0.1) is 0 Å². The molecule has 0 aliphatic carbocycles. The molecule has 2 saturated heterocycles. The van der Waals surface area contributed by atoms with Crippen LogP contribution in [-0.4, -0.2) is 60.3 Å². The van der Waals surface area contributed by atoms with E-state index >= 15 is 0 Å². The molecule has 5 nitrogen and oxygen atoms in total. The second-order valence-electron chi connectivity index (χ2n) is 7.21. The van der Waals surface area contributed by atoms with Gasteiger partial charge in [0.25, 0.3) is 0 Å². The van der Waals surface area contributed by atoms with Crippen LogP contribution >= 0.6 is 11.6 Å². The van der Waals surface area contributed by atoms with Crippen LogP contribution in [0.3, 0.4) is 0 Å². The second kappa shape index (κ2) is 7.94. The molecule has 138 valence electrons. The number of carbonyl (C=O) groups is 1. The summed E-state index contributed by atoms with van der Waals surface area (Å²) in [5, 5.41) is 11.5. The van der Waals surface area contributed by atoms with Gasteiger partial charge in [-0.2, -0.15) is 0 Å². The number of hydrogen-bond donors (Lipinski definition) is 1. The van der Waals surface area contributed by atoms with Crippen LogP contribution < -0.4 is 0 Å². The number of hydrogen-bond acceptors (Lipinski definition) is 4. The van der Waals surface area contributed by atoms with Crippen LogP contribution in [0.5, 0.6) is 0 Å². The minimum atomic E-state index is -0.895. The Bertz CT molecular complexity index is 585. The van der Waals surface area contributed by atoms with E-state index in [9.17, 15) is 9.90 Å². The average Bonchev–Trinajstić information content (AvgIpc) is 3.01. The number of carbonyl (C=O) groups excluding carboxylic acids is 1. The summed E-state index contributed by atoms with van der Waals surface area (Å²) in [6, 6.07) is 7.82. The molecule has 6 heteroatoms. The standard InChI is InChI=1S/C19H27ClN2O3/c1-21-11-2-3-17(21)8-14-25-18(23)22-12-9-19(24,10-13-22)15-4-6-16(20)7-5-15/h4-7,17,24H,2-3,8-14H2,1H3. The average molecular weight is 367 g/mol. The lowest BCUT2D eigenvalue weighted by molar-refractivity contribution is -0.0251. The number of likely N-dealkylation sites (tertiary alicyclic amines) is 2. The van der Waals surface area contributed by atoms with E-state index in [1.54, 1.807) is 17.0 Å². The maximum absolute atomic E-state index is 12.2. The number of aliphatic hydroxyl groups is 1. The summed E-state index contributed by atoms with van der Waals surface area (Å²) in [5.41, 5.74) is -0.0392. The minimum Gasteiger partial charge on any atom is -0.449 e. The molecule has 0 bridgehead atoms. The van der Waals surface area contributed by atoms with Crippen molar-refractivity contribution >= 4 is 17.7 Å². The van der Waals surface area contributed by atoms with Gasteiger partial charge in [0.1, 0.15) is 0 Å². The molecule has 0 aromatic heterocycles. The van der Waals surface area contributed by atoms with Gasteiger partial charge in [-0.25, -0.2) is 4.79 Å². The monoisotopic (exact) mass is 366 g/mol. The van der Waals surface area contributed by atoms with Crippen LogP contribution in [-0.2, 0) is 10.3 Å². The highest BCUT2D eigenvalue weighted by Gasteiger charge is 2.36. The van der Waals surface area contributed by atoms with Gasteiger partial charge in [-0.05, 0) is 63.4 Å². The van der Waals surface area contributed by atoms with Crippen molar-refractivity contribution in [1.29, 1.82) is 0 Å². The Kier molecular flexibility index (Phi) is 5.87. The molecule has 0 spiro atoms.